The highest BCUT2D eigenvalue weighted by molar-refractivity contribution is 5.73. The maximum Gasteiger partial charge on any atom is 0.225 e. The molecule has 0 aliphatic carbocycles. The fraction of sp³-hybridized carbons (Fsp3) is 0.421. The van der Waals surface area contributed by atoms with E-state index < -0.39 is 0 Å². The Morgan fingerprint density at radius 1 is 1.08 bits per heavy atom. The molecule has 6 nitrogen and oxygen atoms in total. The van der Waals surface area contributed by atoms with Crippen LogP contribution >= 0.6 is 0 Å². The van der Waals surface area contributed by atoms with Crippen molar-refractivity contribution in [3.8, 4) is 11.3 Å². The minimum atomic E-state index is 0.134. The van der Waals surface area contributed by atoms with Crippen molar-refractivity contribution in [1.82, 2.24) is 14.9 Å². The molecule has 1 amide bonds. The zero-order valence-corrected chi connectivity index (χ0v) is 15.1. The molecule has 1 saturated heterocycles. The average molecular weight is 339 g/mol. The molecular weight excluding hydrogens is 314 g/mol. The first-order chi connectivity index (χ1) is 12.0. The predicted molar refractivity (Wildman–Crippen MR) is 101 cm³/mol. The Bertz CT molecular complexity index is 724. The molecule has 0 bridgehead atoms. The number of nitrogens with zero attached hydrogens (tertiary/aromatic N) is 4. The van der Waals surface area contributed by atoms with Crippen LogP contribution < -0.4 is 10.2 Å². The summed E-state index contributed by atoms with van der Waals surface area (Å²) in [6.45, 7) is 8.80. The van der Waals surface area contributed by atoms with Crippen LogP contribution in [-0.2, 0) is 4.79 Å². The summed E-state index contributed by atoms with van der Waals surface area (Å²) in [7, 11) is 0. The van der Waals surface area contributed by atoms with E-state index in [1.807, 2.05) is 29.2 Å². The molecule has 0 atom stereocenters. The van der Waals surface area contributed by atoms with Crippen molar-refractivity contribution in [1.29, 1.82) is 0 Å². The number of amides is 1. The molecule has 0 radical (unpaired) electrons. The summed E-state index contributed by atoms with van der Waals surface area (Å²) < 4.78 is 0. The summed E-state index contributed by atoms with van der Waals surface area (Å²) >= 11 is 0. The van der Waals surface area contributed by atoms with Crippen LogP contribution in [0, 0.1) is 0 Å². The number of nitrogens with one attached hydrogen (secondary N) is 1. The van der Waals surface area contributed by atoms with Gasteiger partial charge in [-0.25, -0.2) is 4.98 Å². The molecule has 1 N–H and O–H groups in total. The Kier molecular flexibility index (Phi) is 5.16. The molecule has 25 heavy (non-hydrogen) atoms. The smallest absolute Gasteiger partial charge is 0.225 e. The van der Waals surface area contributed by atoms with E-state index >= 15 is 0 Å². The molecular formula is C19H25N5O. The average Bonchev–Trinajstić information content (AvgIpc) is 2.61. The molecule has 0 unspecified atom stereocenters. The number of hydrogen-bond acceptors (Lipinski definition) is 5. The van der Waals surface area contributed by atoms with Gasteiger partial charge in [0.15, 0.2) is 0 Å². The molecule has 1 aromatic heterocycles. The molecule has 1 aliphatic rings. The Labute approximate surface area is 148 Å². The number of rotatable bonds is 4. The molecule has 0 spiro atoms. The van der Waals surface area contributed by atoms with E-state index in [0.717, 1.165) is 43.3 Å². The number of piperazine rings is 1. The quantitative estimate of drug-likeness (QED) is 0.928. The fourth-order valence-electron chi connectivity index (χ4n) is 2.93. The number of carbonyl (C=O) groups excluding carboxylic acids is 1. The van der Waals surface area contributed by atoms with E-state index in [-0.39, 0.29) is 11.9 Å². The molecule has 2 heterocycles. The molecule has 2 aromatic rings. The third-order valence-electron chi connectivity index (χ3n) is 4.25. The zero-order chi connectivity index (χ0) is 17.8. The predicted octanol–water partition coefficient (Wildman–Crippen LogP) is 2.63. The fourth-order valence-corrected chi connectivity index (χ4v) is 2.93. The molecule has 132 valence electrons. The minimum absolute atomic E-state index is 0.134. The Morgan fingerprint density at radius 2 is 1.76 bits per heavy atom. The lowest BCUT2D eigenvalue weighted by Crippen LogP contribution is -2.48. The Hall–Kier alpha value is -2.63. The first-order valence-corrected chi connectivity index (χ1v) is 8.74. The number of aromatic nitrogens is 2. The van der Waals surface area contributed by atoms with Crippen molar-refractivity contribution in [3.63, 3.8) is 0 Å². The summed E-state index contributed by atoms with van der Waals surface area (Å²) in [5, 5.41) is 3.31. The highest BCUT2D eigenvalue weighted by Gasteiger charge is 2.21. The van der Waals surface area contributed by atoms with Crippen LogP contribution in [0.2, 0.25) is 0 Å². The maximum atomic E-state index is 11.5. The van der Waals surface area contributed by atoms with Crippen molar-refractivity contribution in [2.75, 3.05) is 36.4 Å². The van der Waals surface area contributed by atoms with Crippen molar-refractivity contribution < 1.29 is 4.79 Å². The second-order valence-electron chi connectivity index (χ2n) is 6.59. The van der Waals surface area contributed by atoms with Crippen LogP contribution in [0.25, 0.3) is 11.3 Å². The summed E-state index contributed by atoms with van der Waals surface area (Å²) in [5.74, 6) is 1.68. The van der Waals surface area contributed by atoms with Gasteiger partial charge < -0.3 is 15.1 Å². The number of anilines is 2. The number of hydrogen-bond donors (Lipinski definition) is 1. The highest BCUT2D eigenvalue weighted by atomic mass is 16.2. The van der Waals surface area contributed by atoms with E-state index in [4.69, 9.17) is 4.98 Å². The van der Waals surface area contributed by atoms with Crippen molar-refractivity contribution in [2.24, 2.45) is 0 Å². The zero-order valence-electron chi connectivity index (χ0n) is 15.1. The van der Waals surface area contributed by atoms with Gasteiger partial charge in [-0.15, -0.1) is 0 Å². The largest absolute Gasteiger partial charge is 0.353 e. The summed E-state index contributed by atoms with van der Waals surface area (Å²) in [5.41, 5.74) is 1.98. The molecule has 0 saturated carbocycles. The summed E-state index contributed by atoms with van der Waals surface area (Å²) in [6, 6.07) is 12.4. The van der Waals surface area contributed by atoms with Crippen molar-refractivity contribution in [2.45, 2.75) is 26.8 Å². The number of carbonyl (C=O) groups is 1. The van der Waals surface area contributed by atoms with Gasteiger partial charge in [-0.2, -0.15) is 4.98 Å². The summed E-state index contributed by atoms with van der Waals surface area (Å²) in [4.78, 5) is 25.0. The molecule has 1 fully saturated rings. The van der Waals surface area contributed by atoms with Gasteiger partial charge in [0.2, 0.25) is 11.9 Å². The first-order valence-electron chi connectivity index (χ1n) is 8.74. The van der Waals surface area contributed by atoms with Gasteiger partial charge in [-0.3, -0.25) is 4.79 Å². The SMILES string of the molecule is CC(=O)N1CCN(c2cc(-c3ccccc3)nc(NC(C)C)n2)CC1. The summed E-state index contributed by atoms with van der Waals surface area (Å²) in [6.07, 6.45) is 0. The van der Waals surface area contributed by atoms with Gasteiger partial charge in [0, 0.05) is 50.8 Å². The molecule has 6 heteroatoms. The molecule has 1 aromatic carbocycles. The monoisotopic (exact) mass is 339 g/mol. The van der Waals surface area contributed by atoms with Crippen molar-refractivity contribution >= 4 is 17.7 Å². The van der Waals surface area contributed by atoms with Crippen LogP contribution in [-0.4, -0.2) is 53.0 Å². The van der Waals surface area contributed by atoms with Crippen LogP contribution in [0.5, 0.6) is 0 Å². The third-order valence-corrected chi connectivity index (χ3v) is 4.25. The van der Waals surface area contributed by atoms with Gasteiger partial charge in [-0.05, 0) is 13.8 Å². The van der Waals surface area contributed by atoms with Gasteiger partial charge >= 0.3 is 0 Å². The van der Waals surface area contributed by atoms with Gasteiger partial charge in [0.25, 0.3) is 0 Å². The van der Waals surface area contributed by atoms with Crippen molar-refractivity contribution in [3.05, 3.63) is 36.4 Å². The van der Waals surface area contributed by atoms with Gasteiger partial charge in [-0.1, -0.05) is 30.3 Å². The van der Waals surface area contributed by atoms with Crippen LogP contribution in [0.15, 0.2) is 36.4 Å². The topological polar surface area (TPSA) is 61.4 Å². The third kappa shape index (κ3) is 4.26. The lowest BCUT2D eigenvalue weighted by atomic mass is 10.1. The number of benzene rings is 1. The van der Waals surface area contributed by atoms with Gasteiger partial charge in [0.1, 0.15) is 5.82 Å². The highest BCUT2D eigenvalue weighted by Crippen LogP contribution is 2.24. The van der Waals surface area contributed by atoms with Crippen LogP contribution in [0.3, 0.4) is 0 Å². The minimum Gasteiger partial charge on any atom is -0.353 e. The second kappa shape index (κ2) is 7.51. The van der Waals surface area contributed by atoms with E-state index in [1.165, 1.54) is 0 Å². The molecule has 3 rings (SSSR count). The Morgan fingerprint density at radius 3 is 2.36 bits per heavy atom. The van der Waals surface area contributed by atoms with Gasteiger partial charge in [0.05, 0.1) is 5.69 Å². The van der Waals surface area contributed by atoms with Crippen LogP contribution in [0.4, 0.5) is 11.8 Å². The van der Waals surface area contributed by atoms with E-state index in [0.29, 0.717) is 5.95 Å². The van der Waals surface area contributed by atoms with E-state index in [9.17, 15) is 4.79 Å². The van der Waals surface area contributed by atoms with Crippen LogP contribution in [0.1, 0.15) is 20.8 Å². The van der Waals surface area contributed by atoms with E-state index in [1.54, 1.807) is 6.92 Å². The maximum absolute atomic E-state index is 11.5. The second-order valence-corrected chi connectivity index (χ2v) is 6.59. The van der Waals surface area contributed by atoms with E-state index in [2.05, 4.69) is 41.2 Å². The lowest BCUT2D eigenvalue weighted by molar-refractivity contribution is -0.129. The normalized spacial score (nSPS) is 14.7. The Balaban J connectivity index is 1.89. The standard InChI is InChI=1S/C19H25N5O/c1-14(2)20-19-21-17(16-7-5-4-6-8-16)13-18(22-19)24-11-9-23(10-12-24)15(3)25/h4-8,13-14H,9-12H2,1-3H3,(H,20,21,22). The molecule has 1 aliphatic heterocycles. The lowest BCUT2D eigenvalue weighted by Gasteiger charge is -2.35. The first kappa shape index (κ1) is 17.2.